The summed E-state index contributed by atoms with van der Waals surface area (Å²) in [6.45, 7) is 4.22. The van der Waals surface area contributed by atoms with Crippen LogP contribution >= 0.6 is 0 Å². The molecule has 0 saturated carbocycles. The average molecular weight is 1160 g/mol. The number of hydrogen-bond acceptors (Lipinski definition) is 3. The van der Waals surface area contributed by atoms with Crippen LogP contribution in [-0.4, -0.2) is 34.9 Å². The Morgan fingerprint density at radius 2 is 0.542 bits per heavy atom. The van der Waals surface area contributed by atoms with E-state index < -0.39 is 12.1 Å². The third-order valence-electron chi connectivity index (χ3n) is 17.1. The van der Waals surface area contributed by atoms with Crippen LogP contribution in [0.25, 0.3) is 0 Å². The minimum absolute atomic E-state index is 0.0672. The molecule has 0 radical (unpaired) electrons. The van der Waals surface area contributed by atoms with Crippen LogP contribution in [0.5, 0.6) is 0 Å². The van der Waals surface area contributed by atoms with Gasteiger partial charge in [-0.05, 0) is 77.0 Å². The predicted molar refractivity (Wildman–Crippen MR) is 373 cm³/mol. The van der Waals surface area contributed by atoms with E-state index in [1.807, 2.05) is 6.08 Å². The number of rotatable bonds is 69. The number of carbonyl (C=O) groups is 1. The van der Waals surface area contributed by atoms with E-state index in [0.29, 0.717) is 6.42 Å². The van der Waals surface area contributed by atoms with Crippen molar-refractivity contribution in [2.24, 2.45) is 0 Å². The first-order chi connectivity index (χ1) is 41.2. The van der Waals surface area contributed by atoms with Gasteiger partial charge in [-0.1, -0.05) is 394 Å². The van der Waals surface area contributed by atoms with Gasteiger partial charge >= 0.3 is 0 Å². The van der Waals surface area contributed by atoms with Crippen molar-refractivity contribution < 1.29 is 15.0 Å². The number of amides is 1. The van der Waals surface area contributed by atoms with E-state index in [1.54, 1.807) is 6.08 Å². The summed E-state index contributed by atoms with van der Waals surface area (Å²) in [7, 11) is 0. The standard InChI is InChI=1S/C79H145NO3/c1-3-5-7-9-11-13-15-17-19-21-23-25-27-29-31-33-35-36-37-38-39-40-41-42-43-44-45-47-49-51-53-55-57-59-61-63-65-67-69-71-73-75-79(83)80-77(76-81)78(82)74-72-70-68-66-64-62-60-58-56-54-52-50-48-46-34-32-30-28-26-24-22-20-18-16-14-12-10-8-6-4-2/h5,7,11,13,17,19,23,25,29,31,64,66,72,74,77-78,81-82H,3-4,6,8-10,12,14-16,18,20-22,24,26-28,30,32-63,65,67-71,73,75-76H2,1-2H3,(H,80,83)/b7-5-,13-11-,19-17-,25-23-,31-29-,66-64+,74-72+. The molecule has 0 aliphatic carbocycles. The molecular weight excluding hydrogens is 1010 g/mol. The number of allylic oxidation sites excluding steroid dienone is 13. The van der Waals surface area contributed by atoms with Gasteiger partial charge in [-0.15, -0.1) is 0 Å². The summed E-state index contributed by atoms with van der Waals surface area (Å²) in [5, 5.41) is 23.3. The fourth-order valence-electron chi connectivity index (χ4n) is 11.5. The molecule has 3 N–H and O–H groups in total. The highest BCUT2D eigenvalue weighted by molar-refractivity contribution is 5.76. The van der Waals surface area contributed by atoms with Gasteiger partial charge in [-0.2, -0.15) is 0 Å². The van der Waals surface area contributed by atoms with E-state index >= 15 is 0 Å². The maximum Gasteiger partial charge on any atom is 0.220 e. The zero-order chi connectivity index (χ0) is 59.8. The zero-order valence-corrected chi connectivity index (χ0v) is 56.0. The van der Waals surface area contributed by atoms with Crippen molar-refractivity contribution in [1.29, 1.82) is 0 Å². The van der Waals surface area contributed by atoms with Gasteiger partial charge in [0.1, 0.15) is 0 Å². The van der Waals surface area contributed by atoms with Gasteiger partial charge in [0.15, 0.2) is 0 Å². The summed E-state index contributed by atoms with van der Waals surface area (Å²) >= 11 is 0. The monoisotopic (exact) mass is 1160 g/mol. The Hall–Kier alpha value is -2.43. The van der Waals surface area contributed by atoms with Crippen LogP contribution in [0, 0.1) is 0 Å². The highest BCUT2D eigenvalue weighted by Gasteiger charge is 2.18. The van der Waals surface area contributed by atoms with Crippen molar-refractivity contribution >= 4 is 5.91 Å². The SMILES string of the molecule is CC/C=C\C/C=C\C/C=C\C/C=C\C/C=C\CCCCCCCCCCCCCCCCCCCCCCCCCCCC(=O)NC(CO)C(O)/C=C/CC/C=C/CCCCCCCCCCCCCCCCCCCCCCCCCC. The van der Waals surface area contributed by atoms with Crippen LogP contribution in [0.4, 0.5) is 0 Å². The van der Waals surface area contributed by atoms with Crippen molar-refractivity contribution in [3.05, 3.63) is 85.1 Å². The minimum Gasteiger partial charge on any atom is -0.394 e. The lowest BCUT2D eigenvalue weighted by Gasteiger charge is -2.19. The summed E-state index contributed by atoms with van der Waals surface area (Å²) in [6, 6.07) is -0.642. The Bertz CT molecular complexity index is 1450. The smallest absolute Gasteiger partial charge is 0.220 e. The molecule has 0 aliphatic rings. The van der Waals surface area contributed by atoms with Gasteiger partial charge in [-0.3, -0.25) is 4.79 Å². The molecule has 2 unspecified atom stereocenters. The minimum atomic E-state index is -0.865. The first-order valence-electron chi connectivity index (χ1n) is 37.3. The molecule has 4 heteroatoms. The number of carbonyl (C=O) groups excluding carboxylic acids is 1. The Labute approximate surface area is 520 Å². The topological polar surface area (TPSA) is 69.6 Å². The molecule has 484 valence electrons. The largest absolute Gasteiger partial charge is 0.394 e. The van der Waals surface area contributed by atoms with Gasteiger partial charge in [0.05, 0.1) is 18.8 Å². The number of unbranched alkanes of at least 4 members (excludes halogenated alkanes) is 50. The second kappa shape index (κ2) is 73.8. The van der Waals surface area contributed by atoms with Crippen LogP contribution < -0.4 is 5.32 Å². The Kier molecular flexibility index (Phi) is 71.7. The van der Waals surface area contributed by atoms with Gasteiger partial charge in [0.2, 0.25) is 5.91 Å². The van der Waals surface area contributed by atoms with E-state index in [2.05, 4.69) is 92.1 Å². The lowest BCUT2D eigenvalue weighted by Crippen LogP contribution is -2.45. The van der Waals surface area contributed by atoms with E-state index in [0.717, 1.165) is 64.2 Å². The predicted octanol–water partition coefficient (Wildman–Crippen LogP) is 25.8. The Morgan fingerprint density at radius 1 is 0.301 bits per heavy atom. The van der Waals surface area contributed by atoms with Gasteiger partial charge in [0, 0.05) is 6.42 Å². The fraction of sp³-hybridized carbons (Fsp3) is 0.810. The number of hydrogen-bond donors (Lipinski definition) is 3. The lowest BCUT2D eigenvalue weighted by molar-refractivity contribution is -0.123. The fourth-order valence-corrected chi connectivity index (χ4v) is 11.5. The zero-order valence-electron chi connectivity index (χ0n) is 56.0. The highest BCUT2D eigenvalue weighted by atomic mass is 16.3. The number of aliphatic hydroxyl groups is 2. The molecule has 0 heterocycles. The molecule has 4 nitrogen and oxygen atoms in total. The summed E-state index contributed by atoms with van der Waals surface area (Å²) in [5.74, 6) is -0.0672. The summed E-state index contributed by atoms with van der Waals surface area (Å²) in [4.78, 5) is 12.6. The molecule has 0 aromatic heterocycles. The molecular formula is C79H145NO3. The van der Waals surface area contributed by atoms with Crippen molar-refractivity contribution in [2.75, 3.05) is 6.61 Å². The molecule has 0 bridgehead atoms. The first kappa shape index (κ1) is 80.6. The van der Waals surface area contributed by atoms with Crippen molar-refractivity contribution in [3.8, 4) is 0 Å². The molecule has 83 heavy (non-hydrogen) atoms. The van der Waals surface area contributed by atoms with Gasteiger partial charge in [-0.25, -0.2) is 0 Å². The second-order valence-electron chi connectivity index (χ2n) is 25.3. The Balaban J connectivity index is 3.44. The van der Waals surface area contributed by atoms with E-state index in [9.17, 15) is 15.0 Å². The van der Waals surface area contributed by atoms with Crippen LogP contribution in [0.3, 0.4) is 0 Å². The van der Waals surface area contributed by atoms with Crippen molar-refractivity contribution in [2.45, 2.75) is 405 Å². The highest BCUT2D eigenvalue weighted by Crippen LogP contribution is 2.19. The molecule has 2 atom stereocenters. The Morgan fingerprint density at radius 3 is 0.843 bits per heavy atom. The van der Waals surface area contributed by atoms with E-state index in [1.165, 1.54) is 308 Å². The second-order valence-corrected chi connectivity index (χ2v) is 25.3. The first-order valence-corrected chi connectivity index (χ1v) is 37.3. The molecule has 0 aromatic rings. The lowest BCUT2D eigenvalue weighted by atomic mass is 10.0. The van der Waals surface area contributed by atoms with Gasteiger partial charge < -0.3 is 15.5 Å². The number of nitrogens with one attached hydrogen (secondary N) is 1. The maximum atomic E-state index is 12.6. The third kappa shape index (κ3) is 70.2. The van der Waals surface area contributed by atoms with Crippen LogP contribution in [-0.2, 0) is 4.79 Å². The normalized spacial score (nSPS) is 13.2. The molecule has 0 saturated heterocycles. The molecule has 0 fully saturated rings. The quantitative estimate of drug-likeness (QED) is 0.0420. The summed E-state index contributed by atoms with van der Waals surface area (Å²) < 4.78 is 0. The molecule has 0 aliphatic heterocycles. The van der Waals surface area contributed by atoms with Crippen molar-refractivity contribution in [3.63, 3.8) is 0 Å². The van der Waals surface area contributed by atoms with Gasteiger partial charge in [0.25, 0.3) is 0 Å². The molecule has 0 rings (SSSR count). The number of aliphatic hydroxyl groups excluding tert-OH is 2. The van der Waals surface area contributed by atoms with Crippen molar-refractivity contribution in [1.82, 2.24) is 5.32 Å². The summed E-state index contributed by atoms with van der Waals surface area (Å²) in [6.07, 6.45) is 108. The molecule has 0 spiro atoms. The van der Waals surface area contributed by atoms with E-state index in [-0.39, 0.29) is 12.5 Å². The molecule has 0 aromatic carbocycles. The molecule has 1 amide bonds. The van der Waals surface area contributed by atoms with Crippen LogP contribution in [0.2, 0.25) is 0 Å². The summed E-state index contributed by atoms with van der Waals surface area (Å²) in [5.41, 5.74) is 0. The third-order valence-corrected chi connectivity index (χ3v) is 17.1. The average Bonchev–Trinajstić information content (AvgIpc) is 3.51. The van der Waals surface area contributed by atoms with Crippen LogP contribution in [0.1, 0.15) is 393 Å². The van der Waals surface area contributed by atoms with Crippen LogP contribution in [0.15, 0.2) is 85.1 Å². The maximum absolute atomic E-state index is 12.6. The van der Waals surface area contributed by atoms with E-state index in [4.69, 9.17) is 0 Å².